The molecular formula is C14H13Cl2N3O. The Labute approximate surface area is 126 Å². The van der Waals surface area contributed by atoms with E-state index in [1.807, 2.05) is 6.07 Å². The molecule has 1 N–H and O–H groups in total. The Morgan fingerprint density at radius 2 is 2.30 bits per heavy atom. The Hall–Kier alpha value is -1.52. The third-order valence-corrected chi connectivity index (χ3v) is 4.33. The van der Waals surface area contributed by atoms with Gasteiger partial charge in [-0.2, -0.15) is 5.10 Å². The zero-order chi connectivity index (χ0) is 14.1. The average molecular weight is 310 g/mol. The van der Waals surface area contributed by atoms with Crippen molar-refractivity contribution >= 4 is 29.1 Å². The van der Waals surface area contributed by atoms with Crippen molar-refractivity contribution in [3.05, 3.63) is 51.8 Å². The molecule has 1 aromatic carbocycles. The largest absolute Gasteiger partial charge is 0.348 e. The molecule has 1 aromatic heterocycles. The van der Waals surface area contributed by atoms with Gasteiger partial charge in [0.05, 0.1) is 16.1 Å². The lowest BCUT2D eigenvalue weighted by molar-refractivity contribution is -0.122. The molecule has 1 aliphatic carbocycles. The van der Waals surface area contributed by atoms with Crippen LogP contribution in [0.1, 0.15) is 23.6 Å². The van der Waals surface area contributed by atoms with Gasteiger partial charge in [0.15, 0.2) is 0 Å². The molecule has 0 fully saturated rings. The molecule has 0 saturated carbocycles. The first kappa shape index (κ1) is 13.5. The summed E-state index contributed by atoms with van der Waals surface area (Å²) in [7, 11) is 0. The fraction of sp³-hybridized carbons (Fsp3) is 0.286. The number of rotatable bonds is 3. The van der Waals surface area contributed by atoms with Crippen molar-refractivity contribution < 1.29 is 4.79 Å². The average Bonchev–Trinajstić information content (AvgIpc) is 3.04. The van der Waals surface area contributed by atoms with Gasteiger partial charge in [-0.1, -0.05) is 29.3 Å². The molecular weight excluding hydrogens is 297 g/mol. The van der Waals surface area contributed by atoms with E-state index < -0.39 is 0 Å². The lowest BCUT2D eigenvalue weighted by Crippen LogP contribution is -2.30. The fourth-order valence-corrected chi connectivity index (χ4v) is 3.01. The van der Waals surface area contributed by atoms with E-state index in [1.165, 1.54) is 0 Å². The number of nitrogens with zero attached hydrogens (tertiary/aromatic N) is 2. The number of hydrogen-bond acceptors (Lipinski definition) is 2. The number of hydrogen-bond donors (Lipinski definition) is 1. The lowest BCUT2D eigenvalue weighted by atomic mass is 10.1. The molecule has 1 heterocycles. The molecule has 6 heteroatoms. The molecule has 1 amide bonds. The van der Waals surface area contributed by atoms with Crippen molar-refractivity contribution in [1.29, 1.82) is 0 Å². The van der Waals surface area contributed by atoms with Gasteiger partial charge in [-0.15, -0.1) is 0 Å². The maximum absolute atomic E-state index is 12.0. The molecule has 0 spiro atoms. The first-order chi connectivity index (χ1) is 9.65. The van der Waals surface area contributed by atoms with E-state index in [9.17, 15) is 4.79 Å². The first-order valence-electron chi connectivity index (χ1n) is 6.38. The summed E-state index contributed by atoms with van der Waals surface area (Å²) in [5.41, 5.74) is 2.11. The number of fused-ring (bicyclic) bond motifs is 1. The van der Waals surface area contributed by atoms with Crippen LogP contribution < -0.4 is 5.32 Å². The van der Waals surface area contributed by atoms with E-state index in [4.69, 9.17) is 23.2 Å². The molecule has 1 aliphatic rings. The van der Waals surface area contributed by atoms with E-state index in [2.05, 4.69) is 10.4 Å². The van der Waals surface area contributed by atoms with E-state index in [1.54, 1.807) is 29.2 Å². The molecule has 0 aliphatic heterocycles. The van der Waals surface area contributed by atoms with E-state index in [-0.39, 0.29) is 18.5 Å². The van der Waals surface area contributed by atoms with Gasteiger partial charge in [0, 0.05) is 12.4 Å². The van der Waals surface area contributed by atoms with Crippen LogP contribution in [0.25, 0.3) is 0 Å². The topological polar surface area (TPSA) is 46.9 Å². The number of nitrogens with one attached hydrogen (secondary N) is 1. The van der Waals surface area contributed by atoms with Crippen LogP contribution in [0.4, 0.5) is 0 Å². The van der Waals surface area contributed by atoms with Gasteiger partial charge in [-0.3, -0.25) is 9.48 Å². The highest BCUT2D eigenvalue weighted by Gasteiger charge is 2.26. The van der Waals surface area contributed by atoms with Crippen LogP contribution in [-0.2, 0) is 17.8 Å². The molecule has 104 valence electrons. The number of halogens is 2. The van der Waals surface area contributed by atoms with E-state index in [0.717, 1.165) is 24.0 Å². The van der Waals surface area contributed by atoms with Crippen molar-refractivity contribution in [2.75, 3.05) is 0 Å². The van der Waals surface area contributed by atoms with E-state index >= 15 is 0 Å². The third-order valence-electron chi connectivity index (χ3n) is 3.49. The van der Waals surface area contributed by atoms with Crippen molar-refractivity contribution in [1.82, 2.24) is 15.1 Å². The SMILES string of the molecule is O=C(Cn1cccn1)NC1CCc2c1ccc(Cl)c2Cl. The van der Waals surface area contributed by atoms with Gasteiger partial charge in [-0.05, 0) is 36.1 Å². The van der Waals surface area contributed by atoms with Crippen LogP contribution in [0.3, 0.4) is 0 Å². The highest BCUT2D eigenvalue weighted by atomic mass is 35.5. The highest BCUT2D eigenvalue weighted by molar-refractivity contribution is 6.42. The van der Waals surface area contributed by atoms with Crippen LogP contribution in [-0.4, -0.2) is 15.7 Å². The van der Waals surface area contributed by atoms with Crippen LogP contribution in [0, 0.1) is 0 Å². The number of benzene rings is 1. The third kappa shape index (κ3) is 2.53. The summed E-state index contributed by atoms with van der Waals surface area (Å²) in [5, 5.41) is 8.21. The molecule has 3 rings (SSSR count). The molecule has 4 nitrogen and oxygen atoms in total. The summed E-state index contributed by atoms with van der Waals surface area (Å²) < 4.78 is 1.60. The summed E-state index contributed by atoms with van der Waals surface area (Å²) >= 11 is 12.2. The monoisotopic (exact) mass is 309 g/mol. The van der Waals surface area contributed by atoms with Crippen LogP contribution in [0.2, 0.25) is 10.0 Å². The predicted molar refractivity (Wildman–Crippen MR) is 77.9 cm³/mol. The summed E-state index contributed by atoms with van der Waals surface area (Å²) in [5.74, 6) is -0.0578. The molecule has 1 unspecified atom stereocenters. The van der Waals surface area contributed by atoms with E-state index in [0.29, 0.717) is 10.0 Å². The van der Waals surface area contributed by atoms with Crippen molar-refractivity contribution in [2.45, 2.75) is 25.4 Å². The van der Waals surface area contributed by atoms with Crippen LogP contribution >= 0.6 is 23.2 Å². The standard InChI is InChI=1S/C14H13Cl2N3O/c15-11-4-2-9-10(14(11)16)3-5-12(9)18-13(20)8-19-7-1-6-17-19/h1-2,4,6-7,12H,3,5,8H2,(H,18,20). The van der Waals surface area contributed by atoms with Crippen molar-refractivity contribution in [3.63, 3.8) is 0 Å². The number of carbonyl (C=O) groups is 1. The second-order valence-corrected chi connectivity index (χ2v) is 5.58. The molecule has 0 radical (unpaired) electrons. The Bertz CT molecular complexity index is 640. The Morgan fingerprint density at radius 1 is 1.45 bits per heavy atom. The molecule has 0 saturated heterocycles. The minimum absolute atomic E-state index is 0.00262. The summed E-state index contributed by atoms with van der Waals surface area (Å²) in [4.78, 5) is 12.0. The van der Waals surface area contributed by atoms with Gasteiger partial charge in [0.25, 0.3) is 0 Å². The quantitative estimate of drug-likeness (QED) is 0.947. The van der Waals surface area contributed by atoms with Gasteiger partial charge in [-0.25, -0.2) is 0 Å². The maximum Gasteiger partial charge on any atom is 0.242 e. The van der Waals surface area contributed by atoms with Gasteiger partial charge < -0.3 is 5.32 Å². The highest BCUT2D eigenvalue weighted by Crippen LogP contribution is 2.38. The van der Waals surface area contributed by atoms with Crippen LogP contribution in [0.15, 0.2) is 30.6 Å². The second kappa shape index (κ2) is 5.46. The van der Waals surface area contributed by atoms with Gasteiger partial charge in [0.2, 0.25) is 5.91 Å². The molecule has 1 atom stereocenters. The molecule has 2 aromatic rings. The van der Waals surface area contributed by atoms with Crippen molar-refractivity contribution in [2.24, 2.45) is 0 Å². The van der Waals surface area contributed by atoms with Gasteiger partial charge in [0.1, 0.15) is 6.54 Å². The second-order valence-electron chi connectivity index (χ2n) is 4.79. The summed E-state index contributed by atoms with van der Waals surface area (Å²) in [6.07, 6.45) is 5.10. The number of amides is 1. The lowest BCUT2D eigenvalue weighted by Gasteiger charge is -2.14. The number of aromatic nitrogens is 2. The summed E-state index contributed by atoms with van der Waals surface area (Å²) in [6, 6.07) is 5.51. The zero-order valence-electron chi connectivity index (χ0n) is 10.6. The van der Waals surface area contributed by atoms with Crippen LogP contribution in [0.5, 0.6) is 0 Å². The Kier molecular flexibility index (Phi) is 3.68. The number of carbonyl (C=O) groups excluding carboxylic acids is 1. The zero-order valence-corrected chi connectivity index (χ0v) is 12.2. The smallest absolute Gasteiger partial charge is 0.242 e. The summed E-state index contributed by atoms with van der Waals surface area (Å²) in [6.45, 7) is 0.222. The normalized spacial score (nSPS) is 17.0. The molecule has 0 bridgehead atoms. The minimum atomic E-state index is -0.0578. The minimum Gasteiger partial charge on any atom is -0.348 e. The predicted octanol–water partition coefficient (Wildman–Crippen LogP) is 2.99. The maximum atomic E-state index is 12.0. The Balaban J connectivity index is 1.72. The fourth-order valence-electron chi connectivity index (χ4n) is 2.56. The van der Waals surface area contributed by atoms with Crippen molar-refractivity contribution in [3.8, 4) is 0 Å². The first-order valence-corrected chi connectivity index (χ1v) is 7.14. The Morgan fingerprint density at radius 3 is 3.05 bits per heavy atom. The molecule has 20 heavy (non-hydrogen) atoms. The van der Waals surface area contributed by atoms with Gasteiger partial charge >= 0.3 is 0 Å².